The molecular formula is C24H29N3O3. The van der Waals surface area contributed by atoms with Gasteiger partial charge in [-0.05, 0) is 37.3 Å². The third-order valence-electron chi connectivity index (χ3n) is 6.89. The van der Waals surface area contributed by atoms with Crippen LogP contribution in [0.2, 0.25) is 0 Å². The van der Waals surface area contributed by atoms with Crippen molar-refractivity contribution in [2.75, 3.05) is 26.7 Å². The van der Waals surface area contributed by atoms with Crippen LogP contribution in [0.3, 0.4) is 0 Å². The molecule has 1 aromatic carbocycles. The van der Waals surface area contributed by atoms with Crippen LogP contribution < -0.4 is 15.6 Å². The first kappa shape index (κ1) is 19.4. The highest BCUT2D eigenvalue weighted by atomic mass is 16.5. The van der Waals surface area contributed by atoms with E-state index in [2.05, 4.69) is 22.3 Å². The summed E-state index contributed by atoms with van der Waals surface area (Å²) in [6.07, 6.45) is 3.05. The molecule has 2 aliphatic heterocycles. The number of amides is 1. The van der Waals surface area contributed by atoms with Gasteiger partial charge < -0.3 is 14.6 Å². The first-order valence-electron chi connectivity index (χ1n) is 11.0. The molecule has 5 rings (SSSR count). The molecule has 1 aliphatic carbocycles. The number of piperidine rings is 1. The van der Waals surface area contributed by atoms with E-state index in [1.165, 1.54) is 5.56 Å². The molecule has 3 aliphatic rings. The molecule has 30 heavy (non-hydrogen) atoms. The van der Waals surface area contributed by atoms with Crippen molar-refractivity contribution in [3.05, 3.63) is 64.1 Å². The van der Waals surface area contributed by atoms with Crippen LogP contribution >= 0.6 is 0 Å². The van der Waals surface area contributed by atoms with Gasteiger partial charge in [0, 0.05) is 55.3 Å². The van der Waals surface area contributed by atoms with Crippen molar-refractivity contribution < 1.29 is 9.53 Å². The minimum Gasteiger partial charge on any atom is -0.496 e. The Hall–Kier alpha value is -2.60. The van der Waals surface area contributed by atoms with E-state index < -0.39 is 0 Å². The second kappa shape index (κ2) is 7.91. The van der Waals surface area contributed by atoms with Crippen LogP contribution in [0, 0.1) is 11.8 Å². The lowest BCUT2D eigenvalue weighted by Crippen LogP contribution is -2.51. The van der Waals surface area contributed by atoms with Gasteiger partial charge in [-0.2, -0.15) is 0 Å². The molecule has 2 aromatic rings. The smallest absolute Gasteiger partial charge is 0.251 e. The van der Waals surface area contributed by atoms with Gasteiger partial charge in [-0.3, -0.25) is 14.5 Å². The van der Waals surface area contributed by atoms with Crippen LogP contribution in [0.4, 0.5) is 0 Å². The Balaban J connectivity index is 1.41. The van der Waals surface area contributed by atoms with E-state index >= 15 is 0 Å². The summed E-state index contributed by atoms with van der Waals surface area (Å²) in [6.45, 7) is 3.21. The summed E-state index contributed by atoms with van der Waals surface area (Å²) in [5.41, 5.74) is 2.34. The number of pyridine rings is 1. The maximum atomic E-state index is 12.8. The fraction of sp³-hybridized carbons (Fsp3) is 0.500. The van der Waals surface area contributed by atoms with Crippen LogP contribution in [0.25, 0.3) is 0 Å². The van der Waals surface area contributed by atoms with Gasteiger partial charge in [-0.15, -0.1) is 0 Å². The average Bonchev–Trinajstić information content (AvgIpc) is 3.60. The Morgan fingerprint density at radius 1 is 1.13 bits per heavy atom. The molecule has 158 valence electrons. The lowest BCUT2D eigenvalue weighted by Gasteiger charge is -2.47. The van der Waals surface area contributed by atoms with Crippen molar-refractivity contribution >= 4 is 5.91 Å². The minimum absolute atomic E-state index is 0.00752. The summed E-state index contributed by atoms with van der Waals surface area (Å²) in [4.78, 5) is 27.5. The van der Waals surface area contributed by atoms with Crippen molar-refractivity contribution in [3.63, 3.8) is 0 Å². The molecule has 0 unspecified atom stereocenters. The summed E-state index contributed by atoms with van der Waals surface area (Å²) < 4.78 is 7.51. The number of ether oxygens (including phenoxy) is 1. The van der Waals surface area contributed by atoms with Crippen molar-refractivity contribution in [3.8, 4) is 5.75 Å². The van der Waals surface area contributed by atoms with Gasteiger partial charge >= 0.3 is 0 Å². The summed E-state index contributed by atoms with van der Waals surface area (Å²) in [7, 11) is 1.71. The number of rotatable bonds is 6. The van der Waals surface area contributed by atoms with Crippen LogP contribution in [-0.4, -0.2) is 42.1 Å². The maximum Gasteiger partial charge on any atom is 0.251 e. The molecule has 1 saturated carbocycles. The van der Waals surface area contributed by atoms with Crippen molar-refractivity contribution in [2.45, 2.75) is 37.8 Å². The number of hydrogen-bond donors (Lipinski definition) is 1. The van der Waals surface area contributed by atoms with E-state index in [1.54, 1.807) is 13.2 Å². The van der Waals surface area contributed by atoms with E-state index in [-0.39, 0.29) is 23.4 Å². The molecule has 1 amide bonds. The third-order valence-corrected chi connectivity index (χ3v) is 6.89. The third kappa shape index (κ3) is 3.65. The Morgan fingerprint density at radius 2 is 1.97 bits per heavy atom. The molecule has 0 spiro atoms. The van der Waals surface area contributed by atoms with Crippen molar-refractivity contribution in [1.29, 1.82) is 0 Å². The first-order valence-corrected chi connectivity index (χ1v) is 11.0. The highest BCUT2D eigenvalue weighted by molar-refractivity contribution is 5.80. The zero-order chi connectivity index (χ0) is 20.7. The number of fused-ring (bicyclic) bond motifs is 4. The number of hydrogen-bond acceptors (Lipinski definition) is 4. The van der Waals surface area contributed by atoms with Crippen LogP contribution in [0.5, 0.6) is 5.75 Å². The van der Waals surface area contributed by atoms with Gasteiger partial charge in [0.25, 0.3) is 5.56 Å². The normalized spacial score (nSPS) is 25.4. The lowest BCUT2D eigenvalue weighted by molar-refractivity contribution is -0.122. The lowest BCUT2D eigenvalue weighted by atomic mass is 9.78. The van der Waals surface area contributed by atoms with E-state index in [9.17, 15) is 9.59 Å². The zero-order valence-corrected chi connectivity index (χ0v) is 17.4. The molecule has 6 heteroatoms. The number of methoxy groups -OCH3 is 1. The topological polar surface area (TPSA) is 63.6 Å². The number of nitrogens with one attached hydrogen (secondary N) is 1. The standard InChI is InChI=1S/C24H29N3O3/c1-30-22-7-3-2-5-17(22)13-26-14-18-11-19(15-26)21(12-25-24(29)16-9-10-16)27-20(18)6-4-8-23(27)28/h2-8,16,18-19,21H,9-15H2,1H3,(H,25,29)/t18-,19+,21+/m1/s1. The second-order valence-corrected chi connectivity index (χ2v) is 8.94. The number of benzene rings is 1. The molecule has 1 saturated heterocycles. The molecule has 3 atom stereocenters. The van der Waals surface area contributed by atoms with Gasteiger partial charge in [0.1, 0.15) is 5.75 Å². The van der Waals surface area contributed by atoms with Gasteiger partial charge in [-0.1, -0.05) is 24.3 Å². The van der Waals surface area contributed by atoms with Gasteiger partial charge in [0.15, 0.2) is 0 Å². The second-order valence-electron chi connectivity index (χ2n) is 8.94. The molecule has 3 heterocycles. The Kier molecular flexibility index (Phi) is 5.11. The fourth-order valence-electron chi connectivity index (χ4n) is 5.30. The molecule has 1 N–H and O–H groups in total. The number of carbonyl (C=O) groups is 1. The quantitative estimate of drug-likeness (QED) is 0.799. The van der Waals surface area contributed by atoms with Crippen molar-refractivity contribution in [2.24, 2.45) is 11.8 Å². The maximum absolute atomic E-state index is 12.8. The van der Waals surface area contributed by atoms with E-state index in [1.807, 2.05) is 28.8 Å². The fourth-order valence-corrected chi connectivity index (χ4v) is 5.30. The predicted molar refractivity (Wildman–Crippen MR) is 115 cm³/mol. The largest absolute Gasteiger partial charge is 0.496 e. The number of aromatic nitrogens is 1. The summed E-state index contributed by atoms with van der Waals surface area (Å²) in [5, 5.41) is 3.13. The minimum atomic E-state index is 0.00752. The average molecular weight is 408 g/mol. The number of likely N-dealkylation sites (tertiary alicyclic amines) is 1. The highest BCUT2D eigenvalue weighted by Gasteiger charge is 2.41. The molecule has 6 nitrogen and oxygen atoms in total. The summed E-state index contributed by atoms with van der Waals surface area (Å²) in [5.74, 6) is 1.91. The molecule has 2 fully saturated rings. The summed E-state index contributed by atoms with van der Waals surface area (Å²) in [6, 6.07) is 13.8. The SMILES string of the molecule is COc1ccccc1CN1C[C@H]2C[C@@H](C1)[C@H](CNC(=O)C1CC1)n1c2cccc1=O. The number of carbonyl (C=O) groups excluding carboxylic acids is 1. The van der Waals surface area contributed by atoms with Gasteiger partial charge in [0.2, 0.25) is 5.91 Å². The van der Waals surface area contributed by atoms with E-state index in [0.29, 0.717) is 18.4 Å². The van der Waals surface area contributed by atoms with Crippen LogP contribution in [-0.2, 0) is 11.3 Å². The highest BCUT2D eigenvalue weighted by Crippen LogP contribution is 2.41. The van der Waals surface area contributed by atoms with Crippen molar-refractivity contribution in [1.82, 2.24) is 14.8 Å². The van der Waals surface area contributed by atoms with Gasteiger partial charge in [-0.25, -0.2) is 0 Å². The predicted octanol–water partition coefficient (Wildman–Crippen LogP) is 2.54. The van der Waals surface area contributed by atoms with Crippen LogP contribution in [0.15, 0.2) is 47.3 Å². The molecule has 2 bridgehead atoms. The molecule has 0 radical (unpaired) electrons. The van der Waals surface area contributed by atoms with E-state index in [0.717, 1.165) is 50.3 Å². The monoisotopic (exact) mass is 407 g/mol. The Labute approximate surface area is 176 Å². The molecular weight excluding hydrogens is 378 g/mol. The Bertz CT molecular complexity index is 997. The van der Waals surface area contributed by atoms with Gasteiger partial charge in [0.05, 0.1) is 13.2 Å². The molecule has 1 aromatic heterocycles. The van der Waals surface area contributed by atoms with E-state index in [4.69, 9.17) is 4.74 Å². The first-order chi connectivity index (χ1) is 14.6. The number of para-hydroxylation sites is 1. The zero-order valence-electron chi connectivity index (χ0n) is 17.4. The Morgan fingerprint density at radius 3 is 2.77 bits per heavy atom. The van der Waals surface area contributed by atoms with Crippen LogP contribution in [0.1, 0.15) is 42.5 Å². The number of nitrogens with zero attached hydrogens (tertiary/aromatic N) is 2. The summed E-state index contributed by atoms with van der Waals surface area (Å²) >= 11 is 0.